The summed E-state index contributed by atoms with van der Waals surface area (Å²) in [5.41, 5.74) is 1.98. The zero-order chi connectivity index (χ0) is 31.7. The summed E-state index contributed by atoms with van der Waals surface area (Å²) >= 11 is 6.08. The predicted octanol–water partition coefficient (Wildman–Crippen LogP) is 5.44. The fourth-order valence-electron chi connectivity index (χ4n) is 4.47. The minimum atomic E-state index is -4.27. The van der Waals surface area contributed by atoms with Gasteiger partial charge in [0, 0.05) is 24.2 Å². The Morgan fingerprint density at radius 2 is 1.56 bits per heavy atom. The lowest BCUT2D eigenvalue weighted by atomic mass is 10.1. The number of rotatable bonds is 14. The van der Waals surface area contributed by atoms with Crippen LogP contribution in [0.5, 0.6) is 11.5 Å². The Morgan fingerprint density at radius 3 is 2.12 bits per heavy atom. The molecule has 0 spiro atoms. The van der Waals surface area contributed by atoms with Crippen LogP contribution in [0.15, 0.2) is 71.6 Å². The van der Waals surface area contributed by atoms with Crippen molar-refractivity contribution in [2.24, 2.45) is 5.92 Å². The Morgan fingerprint density at radius 1 is 0.930 bits per heavy atom. The van der Waals surface area contributed by atoms with E-state index in [4.69, 9.17) is 21.1 Å². The number of nitrogens with one attached hydrogen (secondary N) is 1. The van der Waals surface area contributed by atoms with Crippen molar-refractivity contribution in [3.63, 3.8) is 0 Å². The molecule has 0 aliphatic carbocycles. The second kappa shape index (κ2) is 15.1. The van der Waals surface area contributed by atoms with Crippen LogP contribution in [0, 0.1) is 12.8 Å². The van der Waals surface area contributed by atoms with E-state index in [0.29, 0.717) is 29.4 Å². The summed E-state index contributed by atoms with van der Waals surface area (Å²) in [5.74, 6) is -0.0254. The van der Waals surface area contributed by atoms with Crippen molar-refractivity contribution in [1.82, 2.24) is 10.2 Å². The summed E-state index contributed by atoms with van der Waals surface area (Å²) in [6, 6.07) is 17.3. The molecule has 0 saturated heterocycles. The SMILES string of the molecule is CCC(C(=O)NCC(C)C)N(Cc1ccc(Cl)cc1)C(=O)CN(c1ccc(C)cc1)S(=O)(=O)c1ccc(OC)c(OC)c1. The van der Waals surface area contributed by atoms with Gasteiger partial charge in [-0.05, 0) is 61.2 Å². The van der Waals surface area contributed by atoms with Gasteiger partial charge >= 0.3 is 0 Å². The first-order valence-corrected chi connectivity index (χ1v) is 15.9. The molecule has 0 aliphatic heterocycles. The number of carbonyl (C=O) groups excluding carboxylic acids is 2. The summed E-state index contributed by atoms with van der Waals surface area (Å²) in [5, 5.41) is 3.46. The number of benzene rings is 3. The highest BCUT2D eigenvalue weighted by atomic mass is 35.5. The lowest BCUT2D eigenvalue weighted by Gasteiger charge is -2.33. The molecule has 3 aromatic carbocycles. The molecule has 0 fully saturated rings. The number of aryl methyl sites for hydroxylation is 1. The highest BCUT2D eigenvalue weighted by Gasteiger charge is 2.34. The fraction of sp³-hybridized carbons (Fsp3) is 0.375. The summed E-state index contributed by atoms with van der Waals surface area (Å²) < 4.78 is 40.0. The van der Waals surface area contributed by atoms with Crippen molar-refractivity contribution < 1.29 is 27.5 Å². The van der Waals surface area contributed by atoms with Gasteiger partial charge in [-0.2, -0.15) is 0 Å². The van der Waals surface area contributed by atoms with Gasteiger partial charge in [-0.25, -0.2) is 8.42 Å². The molecule has 1 unspecified atom stereocenters. The van der Waals surface area contributed by atoms with Crippen LogP contribution >= 0.6 is 11.6 Å². The van der Waals surface area contributed by atoms with Gasteiger partial charge in [0.2, 0.25) is 11.8 Å². The molecule has 11 heteroatoms. The van der Waals surface area contributed by atoms with Crippen LogP contribution in [-0.4, -0.2) is 58.5 Å². The molecule has 1 N–H and O–H groups in total. The maximum Gasteiger partial charge on any atom is 0.264 e. The first kappa shape index (κ1) is 33.7. The molecule has 0 aromatic heterocycles. The van der Waals surface area contributed by atoms with Crippen molar-refractivity contribution in [3.05, 3.63) is 82.9 Å². The van der Waals surface area contributed by atoms with Crippen molar-refractivity contribution in [3.8, 4) is 11.5 Å². The Labute approximate surface area is 259 Å². The van der Waals surface area contributed by atoms with Gasteiger partial charge in [0.15, 0.2) is 11.5 Å². The third-order valence-corrected chi connectivity index (χ3v) is 8.90. The van der Waals surface area contributed by atoms with Crippen LogP contribution in [-0.2, 0) is 26.2 Å². The number of amides is 2. The number of carbonyl (C=O) groups is 2. The molecule has 3 rings (SSSR count). The molecule has 9 nitrogen and oxygen atoms in total. The second-order valence-electron chi connectivity index (χ2n) is 10.6. The summed E-state index contributed by atoms with van der Waals surface area (Å²) in [4.78, 5) is 28.9. The normalized spacial score (nSPS) is 12.0. The van der Waals surface area contributed by atoms with Crippen LogP contribution in [0.3, 0.4) is 0 Å². The van der Waals surface area contributed by atoms with Crippen LogP contribution < -0.4 is 19.1 Å². The average molecular weight is 630 g/mol. The predicted molar refractivity (Wildman–Crippen MR) is 169 cm³/mol. The van der Waals surface area contributed by atoms with E-state index in [2.05, 4.69) is 5.32 Å². The number of halogens is 1. The van der Waals surface area contributed by atoms with Crippen LogP contribution in [0.2, 0.25) is 5.02 Å². The molecule has 0 aliphatic rings. The third kappa shape index (κ3) is 8.64. The van der Waals surface area contributed by atoms with E-state index >= 15 is 0 Å². The summed E-state index contributed by atoms with van der Waals surface area (Å²) in [7, 11) is -1.40. The van der Waals surface area contributed by atoms with Gasteiger partial charge in [0.25, 0.3) is 10.0 Å². The first-order chi connectivity index (χ1) is 20.4. The van der Waals surface area contributed by atoms with E-state index in [0.717, 1.165) is 15.4 Å². The van der Waals surface area contributed by atoms with Crippen molar-refractivity contribution in [1.29, 1.82) is 0 Å². The highest BCUT2D eigenvalue weighted by Crippen LogP contribution is 2.32. The number of hydrogen-bond donors (Lipinski definition) is 1. The van der Waals surface area contributed by atoms with Gasteiger partial charge in [0.1, 0.15) is 12.6 Å². The first-order valence-electron chi connectivity index (χ1n) is 14.0. The summed E-state index contributed by atoms with van der Waals surface area (Å²) in [6.45, 7) is 7.66. The van der Waals surface area contributed by atoms with Crippen LogP contribution in [0.25, 0.3) is 0 Å². The van der Waals surface area contributed by atoms with E-state index in [1.807, 2.05) is 27.7 Å². The van der Waals surface area contributed by atoms with Gasteiger partial charge in [-0.1, -0.05) is 62.2 Å². The smallest absolute Gasteiger partial charge is 0.264 e. The average Bonchev–Trinajstić information content (AvgIpc) is 2.99. The Kier molecular flexibility index (Phi) is 11.9. The molecule has 3 aromatic rings. The molecular weight excluding hydrogens is 590 g/mol. The molecule has 232 valence electrons. The van der Waals surface area contributed by atoms with E-state index < -0.39 is 28.5 Å². The molecule has 43 heavy (non-hydrogen) atoms. The number of ether oxygens (including phenoxy) is 2. The lowest BCUT2D eigenvalue weighted by molar-refractivity contribution is -0.140. The Hall–Kier alpha value is -3.76. The number of sulfonamides is 1. The third-order valence-electron chi connectivity index (χ3n) is 6.88. The number of hydrogen-bond acceptors (Lipinski definition) is 6. The van der Waals surface area contributed by atoms with Crippen LogP contribution in [0.1, 0.15) is 38.3 Å². The van der Waals surface area contributed by atoms with Gasteiger partial charge in [0.05, 0.1) is 24.8 Å². The molecule has 0 radical (unpaired) electrons. The molecule has 0 heterocycles. The second-order valence-corrected chi connectivity index (χ2v) is 12.9. The molecule has 1 atom stereocenters. The molecule has 0 bridgehead atoms. The number of methoxy groups -OCH3 is 2. The van der Waals surface area contributed by atoms with Crippen LogP contribution in [0.4, 0.5) is 5.69 Å². The summed E-state index contributed by atoms with van der Waals surface area (Å²) in [6.07, 6.45) is 0.330. The minimum absolute atomic E-state index is 0.0792. The number of nitrogens with zero attached hydrogens (tertiary/aromatic N) is 2. The zero-order valence-electron chi connectivity index (χ0n) is 25.5. The Balaban J connectivity index is 2.08. The molecule has 0 saturated carbocycles. The minimum Gasteiger partial charge on any atom is -0.493 e. The topological polar surface area (TPSA) is 105 Å². The monoisotopic (exact) mass is 629 g/mol. The quantitative estimate of drug-likeness (QED) is 0.255. The van der Waals surface area contributed by atoms with Gasteiger partial charge in [-0.3, -0.25) is 13.9 Å². The largest absolute Gasteiger partial charge is 0.493 e. The highest BCUT2D eigenvalue weighted by molar-refractivity contribution is 7.92. The lowest BCUT2D eigenvalue weighted by Crippen LogP contribution is -2.52. The van der Waals surface area contributed by atoms with E-state index in [1.54, 1.807) is 48.5 Å². The zero-order valence-corrected chi connectivity index (χ0v) is 27.0. The van der Waals surface area contributed by atoms with E-state index in [1.165, 1.54) is 37.3 Å². The van der Waals surface area contributed by atoms with Crippen molar-refractivity contribution in [2.75, 3.05) is 31.6 Å². The van der Waals surface area contributed by atoms with Gasteiger partial charge in [-0.15, -0.1) is 0 Å². The van der Waals surface area contributed by atoms with E-state index in [9.17, 15) is 18.0 Å². The Bertz CT molecular complexity index is 1490. The maximum absolute atomic E-state index is 14.2. The maximum atomic E-state index is 14.2. The van der Waals surface area contributed by atoms with Crippen molar-refractivity contribution in [2.45, 2.75) is 51.6 Å². The standard InChI is InChI=1S/C32H40ClN3O6S/c1-7-28(32(38)34-19-22(2)3)35(20-24-10-12-25(33)13-11-24)31(37)21-36(26-14-8-23(4)9-15-26)43(39,40)27-16-17-29(41-5)30(18-27)42-6/h8-18,22,28H,7,19-21H2,1-6H3,(H,34,38). The number of anilines is 1. The van der Waals surface area contributed by atoms with Gasteiger partial charge < -0.3 is 19.7 Å². The van der Waals surface area contributed by atoms with E-state index in [-0.39, 0.29) is 29.0 Å². The molecular formula is C32H40ClN3O6S. The molecule has 2 amide bonds. The fourth-order valence-corrected chi connectivity index (χ4v) is 6.03. The van der Waals surface area contributed by atoms with Crippen molar-refractivity contribution >= 4 is 39.1 Å².